The molecule has 2 aromatic rings. The van der Waals surface area contributed by atoms with E-state index in [1.54, 1.807) is 0 Å². The summed E-state index contributed by atoms with van der Waals surface area (Å²) < 4.78 is 1.96. The fourth-order valence-electron chi connectivity index (χ4n) is 1.35. The number of nitrogens with one attached hydrogen (secondary N) is 1. The van der Waals surface area contributed by atoms with E-state index in [0.717, 1.165) is 11.2 Å². The maximum Gasteiger partial charge on any atom is 0.221 e. The Labute approximate surface area is 76.0 Å². The van der Waals surface area contributed by atoms with Crippen molar-refractivity contribution in [1.82, 2.24) is 4.40 Å². The number of pyridine rings is 1. The van der Waals surface area contributed by atoms with E-state index in [1.165, 1.54) is 6.92 Å². The van der Waals surface area contributed by atoms with E-state index in [0.29, 0.717) is 0 Å². The molecular weight excluding hydrogens is 164 g/mol. The molecule has 0 bridgehead atoms. The quantitative estimate of drug-likeness (QED) is 0.703. The summed E-state index contributed by atoms with van der Waals surface area (Å²) in [6.07, 6.45) is 3.86. The number of nitrogens with zero attached hydrogens (tertiary/aromatic N) is 1. The summed E-state index contributed by atoms with van der Waals surface area (Å²) in [5.74, 6) is -0.0445. The summed E-state index contributed by atoms with van der Waals surface area (Å²) in [7, 11) is 0. The third-order valence-electron chi connectivity index (χ3n) is 1.88. The first-order valence-electron chi connectivity index (χ1n) is 4.10. The van der Waals surface area contributed by atoms with Crippen molar-refractivity contribution in [3.05, 3.63) is 36.7 Å². The van der Waals surface area contributed by atoms with Crippen LogP contribution in [0, 0.1) is 0 Å². The fraction of sp³-hybridized carbons (Fsp3) is 0.100. The van der Waals surface area contributed by atoms with E-state index in [1.807, 2.05) is 41.1 Å². The minimum absolute atomic E-state index is 0.0445. The first kappa shape index (κ1) is 7.86. The van der Waals surface area contributed by atoms with Gasteiger partial charge in [-0.05, 0) is 18.2 Å². The van der Waals surface area contributed by atoms with E-state index in [4.69, 9.17) is 0 Å². The van der Waals surface area contributed by atoms with Crippen LogP contribution in [0.2, 0.25) is 0 Å². The van der Waals surface area contributed by atoms with Crippen molar-refractivity contribution in [2.75, 3.05) is 5.32 Å². The van der Waals surface area contributed by atoms with Crippen LogP contribution in [0.3, 0.4) is 0 Å². The van der Waals surface area contributed by atoms with Crippen molar-refractivity contribution in [2.45, 2.75) is 6.92 Å². The standard InChI is InChI=1S/C10H10N2O/c1-8(13)11-9-5-7-12-6-3-2-4-10(9)12/h2-7H,1H3,(H,11,13). The number of fused-ring (bicyclic) bond motifs is 1. The smallest absolute Gasteiger partial charge is 0.221 e. The molecule has 3 nitrogen and oxygen atoms in total. The summed E-state index contributed by atoms with van der Waals surface area (Å²) in [6, 6.07) is 7.74. The molecule has 0 spiro atoms. The molecular formula is C10H10N2O. The number of rotatable bonds is 1. The third-order valence-corrected chi connectivity index (χ3v) is 1.88. The van der Waals surface area contributed by atoms with Crippen molar-refractivity contribution < 1.29 is 4.79 Å². The van der Waals surface area contributed by atoms with Crippen LogP contribution in [0.1, 0.15) is 6.92 Å². The number of carbonyl (C=O) groups is 1. The van der Waals surface area contributed by atoms with E-state index in [9.17, 15) is 4.79 Å². The van der Waals surface area contributed by atoms with Gasteiger partial charge in [0.1, 0.15) is 0 Å². The average molecular weight is 174 g/mol. The highest BCUT2D eigenvalue weighted by atomic mass is 16.1. The molecule has 0 aliphatic carbocycles. The van der Waals surface area contributed by atoms with Crippen molar-refractivity contribution >= 4 is 17.1 Å². The van der Waals surface area contributed by atoms with E-state index < -0.39 is 0 Å². The first-order chi connectivity index (χ1) is 6.27. The Morgan fingerprint density at radius 2 is 2.15 bits per heavy atom. The van der Waals surface area contributed by atoms with Crippen molar-refractivity contribution in [2.24, 2.45) is 0 Å². The lowest BCUT2D eigenvalue weighted by atomic mass is 10.3. The van der Waals surface area contributed by atoms with Crippen LogP contribution in [-0.4, -0.2) is 10.3 Å². The second-order valence-electron chi connectivity index (χ2n) is 2.90. The molecule has 1 N–H and O–H groups in total. The monoisotopic (exact) mass is 174 g/mol. The maximum absolute atomic E-state index is 10.8. The molecule has 3 heteroatoms. The van der Waals surface area contributed by atoms with Crippen molar-refractivity contribution in [3.8, 4) is 0 Å². The Morgan fingerprint density at radius 1 is 1.31 bits per heavy atom. The molecule has 0 unspecified atom stereocenters. The molecule has 0 radical (unpaired) electrons. The van der Waals surface area contributed by atoms with Crippen molar-refractivity contribution in [3.63, 3.8) is 0 Å². The predicted molar refractivity (Wildman–Crippen MR) is 51.7 cm³/mol. The van der Waals surface area contributed by atoms with Crippen LogP contribution in [0.4, 0.5) is 5.69 Å². The summed E-state index contributed by atoms with van der Waals surface area (Å²) >= 11 is 0. The normalized spacial score (nSPS) is 10.2. The van der Waals surface area contributed by atoms with Gasteiger partial charge in [-0.25, -0.2) is 0 Å². The number of amides is 1. The molecule has 0 atom stereocenters. The molecule has 13 heavy (non-hydrogen) atoms. The van der Waals surface area contributed by atoms with Gasteiger partial charge in [0.15, 0.2) is 0 Å². The summed E-state index contributed by atoms with van der Waals surface area (Å²) in [4.78, 5) is 10.8. The van der Waals surface area contributed by atoms with E-state index >= 15 is 0 Å². The Bertz CT molecular complexity index is 445. The lowest BCUT2D eigenvalue weighted by Gasteiger charge is -1.99. The zero-order valence-corrected chi connectivity index (χ0v) is 7.32. The zero-order valence-electron chi connectivity index (χ0n) is 7.32. The highest BCUT2D eigenvalue weighted by molar-refractivity contribution is 5.93. The second-order valence-corrected chi connectivity index (χ2v) is 2.90. The van der Waals surface area contributed by atoms with Gasteiger partial charge in [-0.1, -0.05) is 6.07 Å². The zero-order chi connectivity index (χ0) is 9.26. The maximum atomic E-state index is 10.8. The van der Waals surface area contributed by atoms with Gasteiger partial charge in [-0.3, -0.25) is 4.79 Å². The molecule has 0 saturated heterocycles. The lowest BCUT2D eigenvalue weighted by Crippen LogP contribution is -2.04. The molecule has 0 fully saturated rings. The first-order valence-corrected chi connectivity index (χ1v) is 4.10. The van der Waals surface area contributed by atoms with Gasteiger partial charge in [-0.2, -0.15) is 0 Å². The predicted octanol–water partition coefficient (Wildman–Crippen LogP) is 1.90. The molecule has 2 heterocycles. The molecule has 1 amide bonds. The highest BCUT2D eigenvalue weighted by Crippen LogP contribution is 2.17. The van der Waals surface area contributed by atoms with Crippen LogP contribution in [0.15, 0.2) is 36.7 Å². The Balaban J connectivity index is 2.51. The van der Waals surface area contributed by atoms with Crippen LogP contribution < -0.4 is 5.32 Å². The molecule has 0 aliphatic heterocycles. The molecule has 2 rings (SSSR count). The number of hydrogen-bond donors (Lipinski definition) is 1. The molecule has 0 saturated carbocycles. The largest absolute Gasteiger partial charge is 0.324 e. The summed E-state index contributed by atoms with van der Waals surface area (Å²) in [6.45, 7) is 1.51. The number of anilines is 1. The van der Waals surface area contributed by atoms with Crippen molar-refractivity contribution in [1.29, 1.82) is 0 Å². The van der Waals surface area contributed by atoms with Gasteiger partial charge in [0, 0.05) is 19.3 Å². The lowest BCUT2D eigenvalue weighted by molar-refractivity contribution is -0.114. The van der Waals surface area contributed by atoms with Gasteiger partial charge >= 0.3 is 0 Å². The Hall–Kier alpha value is -1.77. The number of hydrogen-bond acceptors (Lipinski definition) is 1. The summed E-state index contributed by atoms with van der Waals surface area (Å²) in [5, 5.41) is 2.77. The van der Waals surface area contributed by atoms with Gasteiger partial charge in [-0.15, -0.1) is 0 Å². The molecule has 0 aliphatic rings. The van der Waals surface area contributed by atoms with Gasteiger partial charge in [0.25, 0.3) is 0 Å². The SMILES string of the molecule is CC(=O)Nc1ccn2ccccc12. The summed E-state index contributed by atoms with van der Waals surface area (Å²) in [5.41, 5.74) is 1.87. The fourth-order valence-corrected chi connectivity index (χ4v) is 1.35. The van der Waals surface area contributed by atoms with Gasteiger partial charge in [0.2, 0.25) is 5.91 Å². The van der Waals surface area contributed by atoms with Crippen LogP contribution in [-0.2, 0) is 4.79 Å². The average Bonchev–Trinajstić information content (AvgIpc) is 2.48. The second kappa shape index (κ2) is 2.94. The van der Waals surface area contributed by atoms with Crippen LogP contribution >= 0.6 is 0 Å². The van der Waals surface area contributed by atoms with Crippen LogP contribution in [0.25, 0.3) is 5.52 Å². The Kier molecular flexibility index (Phi) is 1.77. The minimum atomic E-state index is -0.0445. The number of carbonyl (C=O) groups excluding carboxylic acids is 1. The van der Waals surface area contributed by atoms with E-state index in [-0.39, 0.29) is 5.91 Å². The van der Waals surface area contributed by atoms with Gasteiger partial charge in [0.05, 0.1) is 11.2 Å². The topological polar surface area (TPSA) is 33.5 Å². The molecule has 2 aromatic heterocycles. The Morgan fingerprint density at radius 3 is 2.92 bits per heavy atom. The molecule has 66 valence electrons. The third kappa shape index (κ3) is 1.40. The minimum Gasteiger partial charge on any atom is -0.324 e. The molecule has 0 aromatic carbocycles. The van der Waals surface area contributed by atoms with Gasteiger partial charge < -0.3 is 9.72 Å². The highest BCUT2D eigenvalue weighted by Gasteiger charge is 2.01. The number of aromatic nitrogens is 1. The van der Waals surface area contributed by atoms with E-state index in [2.05, 4.69) is 5.32 Å². The van der Waals surface area contributed by atoms with Crippen LogP contribution in [0.5, 0.6) is 0 Å².